The van der Waals surface area contributed by atoms with Crippen LogP contribution >= 0.6 is 0 Å². The molecule has 0 aliphatic rings. The van der Waals surface area contributed by atoms with E-state index in [2.05, 4.69) is 0 Å². The van der Waals surface area contributed by atoms with Gasteiger partial charge in [-0.05, 0) is 31.0 Å². The van der Waals surface area contributed by atoms with Crippen LogP contribution in [-0.2, 0) is 0 Å². The SMILES string of the molecule is Cc1cc(F)c(C)c2c(=O)c(=N)c(=N)c(=O)c12. The van der Waals surface area contributed by atoms with Crippen LogP contribution < -0.4 is 21.6 Å². The van der Waals surface area contributed by atoms with E-state index in [0.717, 1.165) is 0 Å². The Morgan fingerprint density at radius 1 is 1.00 bits per heavy atom. The van der Waals surface area contributed by atoms with E-state index in [0.29, 0.717) is 5.56 Å². The molecular weight excluding hydrogens is 223 g/mol. The smallest absolute Gasteiger partial charge is 0.214 e. The average Bonchev–Trinajstić information content (AvgIpc) is 2.28. The van der Waals surface area contributed by atoms with Gasteiger partial charge >= 0.3 is 0 Å². The first-order valence-corrected chi connectivity index (χ1v) is 4.92. The number of benzene rings is 2. The number of nitrogens with one attached hydrogen (secondary N) is 2. The molecule has 86 valence electrons. The summed E-state index contributed by atoms with van der Waals surface area (Å²) in [6, 6.07) is 1.17. The van der Waals surface area contributed by atoms with Gasteiger partial charge in [0, 0.05) is 10.8 Å². The second kappa shape index (κ2) is 3.41. The summed E-state index contributed by atoms with van der Waals surface area (Å²) < 4.78 is 13.5. The van der Waals surface area contributed by atoms with Crippen molar-refractivity contribution in [3.05, 3.63) is 54.2 Å². The van der Waals surface area contributed by atoms with Gasteiger partial charge < -0.3 is 0 Å². The van der Waals surface area contributed by atoms with Crippen molar-refractivity contribution in [3.63, 3.8) is 0 Å². The summed E-state index contributed by atoms with van der Waals surface area (Å²) in [5, 5.41) is 13.5. The summed E-state index contributed by atoms with van der Waals surface area (Å²) in [7, 11) is 0. The van der Waals surface area contributed by atoms with Gasteiger partial charge in [-0.15, -0.1) is 0 Å². The number of aryl methyl sites for hydroxylation is 2. The van der Waals surface area contributed by atoms with Crippen LogP contribution in [0.4, 0.5) is 4.39 Å². The maximum absolute atomic E-state index is 13.5. The van der Waals surface area contributed by atoms with E-state index in [1.807, 2.05) is 0 Å². The van der Waals surface area contributed by atoms with Crippen LogP contribution in [0.15, 0.2) is 15.7 Å². The van der Waals surface area contributed by atoms with Gasteiger partial charge in [0.1, 0.15) is 16.5 Å². The highest BCUT2D eigenvalue weighted by Gasteiger charge is 2.15. The largest absolute Gasteiger partial charge is 0.295 e. The molecule has 5 heteroatoms. The zero-order chi connectivity index (χ0) is 12.9. The maximum atomic E-state index is 13.5. The minimum atomic E-state index is -0.760. The first-order chi connectivity index (χ1) is 7.86. The monoisotopic (exact) mass is 232 g/mol. The Kier molecular flexibility index (Phi) is 2.27. The number of hydrogen-bond donors (Lipinski definition) is 2. The van der Waals surface area contributed by atoms with Crippen molar-refractivity contribution in [3.8, 4) is 0 Å². The number of halogens is 1. The molecule has 0 fully saturated rings. The van der Waals surface area contributed by atoms with Crippen LogP contribution in [0.2, 0.25) is 0 Å². The van der Waals surface area contributed by atoms with Gasteiger partial charge in [0.2, 0.25) is 10.9 Å². The van der Waals surface area contributed by atoms with E-state index in [4.69, 9.17) is 10.8 Å². The zero-order valence-corrected chi connectivity index (χ0v) is 9.27. The molecule has 2 aromatic carbocycles. The van der Waals surface area contributed by atoms with Crippen molar-refractivity contribution in [2.75, 3.05) is 0 Å². The van der Waals surface area contributed by atoms with Crippen LogP contribution in [0.25, 0.3) is 10.8 Å². The number of fused-ring (bicyclic) bond motifs is 1. The predicted molar refractivity (Wildman–Crippen MR) is 60.0 cm³/mol. The van der Waals surface area contributed by atoms with Crippen molar-refractivity contribution in [1.29, 1.82) is 10.8 Å². The second-order valence-corrected chi connectivity index (χ2v) is 3.96. The quantitative estimate of drug-likeness (QED) is 0.677. The Morgan fingerprint density at radius 2 is 1.47 bits per heavy atom. The summed E-state index contributed by atoms with van der Waals surface area (Å²) >= 11 is 0. The summed E-state index contributed by atoms with van der Waals surface area (Å²) in [5.41, 5.74) is -1.07. The topological polar surface area (TPSA) is 81.8 Å². The highest BCUT2D eigenvalue weighted by Crippen LogP contribution is 2.17. The van der Waals surface area contributed by atoms with Gasteiger partial charge in [-0.1, -0.05) is 0 Å². The highest BCUT2D eigenvalue weighted by atomic mass is 19.1. The lowest BCUT2D eigenvalue weighted by Gasteiger charge is -2.04. The van der Waals surface area contributed by atoms with Gasteiger partial charge in [0.15, 0.2) is 0 Å². The molecule has 0 heterocycles. The molecular formula is C12H9FN2O2. The van der Waals surface area contributed by atoms with Crippen molar-refractivity contribution < 1.29 is 4.39 Å². The first-order valence-electron chi connectivity index (χ1n) is 4.92. The van der Waals surface area contributed by atoms with E-state index >= 15 is 0 Å². The molecule has 2 aromatic rings. The zero-order valence-electron chi connectivity index (χ0n) is 9.27. The number of rotatable bonds is 0. The second-order valence-electron chi connectivity index (χ2n) is 3.96. The normalized spacial score (nSPS) is 11.0. The van der Waals surface area contributed by atoms with Gasteiger partial charge in [-0.25, -0.2) is 4.39 Å². The van der Waals surface area contributed by atoms with Crippen molar-refractivity contribution in [2.45, 2.75) is 13.8 Å². The third kappa shape index (κ3) is 1.35. The Morgan fingerprint density at radius 3 is 2.00 bits per heavy atom. The van der Waals surface area contributed by atoms with Crippen LogP contribution in [-0.4, -0.2) is 0 Å². The fourth-order valence-corrected chi connectivity index (χ4v) is 1.93. The van der Waals surface area contributed by atoms with Crippen molar-refractivity contribution >= 4 is 10.8 Å². The van der Waals surface area contributed by atoms with E-state index in [1.165, 1.54) is 19.9 Å². The molecule has 2 N–H and O–H groups in total. The summed E-state index contributed by atoms with van der Waals surface area (Å²) in [5.74, 6) is -0.580. The molecule has 0 aliphatic carbocycles. The molecule has 0 unspecified atom stereocenters. The Hall–Kier alpha value is -2.17. The molecule has 0 aliphatic heterocycles. The van der Waals surface area contributed by atoms with E-state index in [9.17, 15) is 14.0 Å². The van der Waals surface area contributed by atoms with Gasteiger partial charge in [-0.2, -0.15) is 0 Å². The molecule has 0 amide bonds. The van der Waals surface area contributed by atoms with Gasteiger partial charge in [0.05, 0.1) is 0 Å². The standard InChI is InChI=1S/C12H9FN2O2/c1-4-3-6(13)5(2)8-7(4)11(16)9(14)10(15)12(8)17/h3,14-15H,1-2H3. The summed E-state index contributed by atoms with van der Waals surface area (Å²) in [6.45, 7) is 2.90. The third-order valence-electron chi connectivity index (χ3n) is 2.88. The predicted octanol–water partition coefficient (Wildman–Crippen LogP) is 0.151. The highest BCUT2D eigenvalue weighted by molar-refractivity contribution is 5.88. The Bertz CT molecular complexity index is 846. The average molecular weight is 232 g/mol. The van der Waals surface area contributed by atoms with E-state index in [-0.39, 0.29) is 16.3 Å². The molecule has 0 aromatic heterocycles. The lowest BCUT2D eigenvalue weighted by atomic mass is 9.99. The molecule has 0 spiro atoms. The maximum Gasteiger partial charge on any atom is 0.214 e. The van der Waals surface area contributed by atoms with Crippen LogP contribution in [0.5, 0.6) is 0 Å². The molecule has 0 radical (unpaired) electrons. The minimum Gasteiger partial charge on any atom is -0.295 e. The Balaban J connectivity index is 3.43. The van der Waals surface area contributed by atoms with E-state index < -0.39 is 27.4 Å². The lowest BCUT2D eigenvalue weighted by molar-refractivity contribution is 0.619. The molecule has 2 rings (SSSR count). The molecule has 0 bridgehead atoms. The van der Waals surface area contributed by atoms with Crippen LogP contribution in [0.1, 0.15) is 11.1 Å². The summed E-state index contributed by atoms with van der Waals surface area (Å²) in [4.78, 5) is 23.6. The van der Waals surface area contributed by atoms with Crippen LogP contribution in [0, 0.1) is 30.5 Å². The first kappa shape index (κ1) is 11.3. The van der Waals surface area contributed by atoms with Gasteiger partial charge in [-0.3, -0.25) is 20.4 Å². The fraction of sp³-hybridized carbons (Fsp3) is 0.167. The number of hydrogen-bond acceptors (Lipinski definition) is 4. The molecule has 0 saturated carbocycles. The van der Waals surface area contributed by atoms with Crippen LogP contribution in [0.3, 0.4) is 0 Å². The van der Waals surface area contributed by atoms with Gasteiger partial charge in [0.25, 0.3) is 0 Å². The fourth-order valence-electron chi connectivity index (χ4n) is 1.93. The molecule has 4 nitrogen and oxygen atoms in total. The van der Waals surface area contributed by atoms with E-state index in [1.54, 1.807) is 0 Å². The molecule has 0 saturated heterocycles. The Labute approximate surface area is 94.7 Å². The summed E-state index contributed by atoms with van der Waals surface area (Å²) in [6.07, 6.45) is 0. The lowest BCUT2D eigenvalue weighted by Crippen LogP contribution is -2.47. The van der Waals surface area contributed by atoms with Crippen molar-refractivity contribution in [2.24, 2.45) is 0 Å². The molecule has 17 heavy (non-hydrogen) atoms. The van der Waals surface area contributed by atoms with Crippen molar-refractivity contribution in [1.82, 2.24) is 0 Å². The third-order valence-corrected chi connectivity index (χ3v) is 2.88. The molecule has 0 atom stereocenters. The minimum absolute atomic E-state index is 0.0508.